The second-order valence-electron chi connectivity index (χ2n) is 4.34. The van der Waals surface area contributed by atoms with Crippen LogP contribution in [0.15, 0.2) is 67.5 Å². The second-order valence-corrected chi connectivity index (χ2v) is 4.34. The van der Waals surface area contributed by atoms with E-state index in [1.807, 2.05) is 24.5 Å². The van der Waals surface area contributed by atoms with Crippen LogP contribution in [0, 0.1) is 0 Å². The van der Waals surface area contributed by atoms with Gasteiger partial charge in [0.1, 0.15) is 12.6 Å². The lowest BCUT2D eigenvalue weighted by Gasteiger charge is -2.14. The second kappa shape index (κ2) is 6.72. The third-order valence-electron chi connectivity index (χ3n) is 3.04. The van der Waals surface area contributed by atoms with Crippen molar-refractivity contribution in [3.05, 3.63) is 78.6 Å². The summed E-state index contributed by atoms with van der Waals surface area (Å²) >= 11 is 0. The van der Waals surface area contributed by atoms with Gasteiger partial charge < -0.3 is 5.32 Å². The van der Waals surface area contributed by atoms with Gasteiger partial charge in [0, 0.05) is 29.9 Å². The number of nitrogens with zero attached hydrogens (tertiary/aromatic N) is 1. The molecule has 0 fully saturated rings. The van der Waals surface area contributed by atoms with E-state index in [-0.39, 0.29) is 0 Å². The Kier molecular flexibility index (Phi) is 4.68. The van der Waals surface area contributed by atoms with Crippen molar-refractivity contribution in [2.24, 2.45) is 0 Å². The molecule has 0 aliphatic rings. The summed E-state index contributed by atoms with van der Waals surface area (Å²) in [7, 11) is 0. The fourth-order valence-corrected chi connectivity index (χ4v) is 2.05. The summed E-state index contributed by atoms with van der Waals surface area (Å²) in [5, 5.41) is 2.35. The lowest BCUT2D eigenvalue weighted by Crippen LogP contribution is -2.83. The highest BCUT2D eigenvalue weighted by molar-refractivity contribution is 5.15. The summed E-state index contributed by atoms with van der Waals surface area (Å²) in [5.41, 5.74) is 2.65. The number of hydrogen-bond acceptors (Lipinski definition) is 1. The Hall–Kier alpha value is -1.93. The average molecular weight is 239 g/mol. The molecule has 0 saturated heterocycles. The molecule has 0 unspecified atom stereocenters. The molecule has 0 spiro atoms. The van der Waals surface area contributed by atoms with Crippen molar-refractivity contribution in [2.45, 2.75) is 19.0 Å². The standard InChI is InChI=1S/C16H18N2/c1-2-6-16(15-9-11-17-12-10-15)18-13-14-7-4-3-5-8-14/h2-5,7-12,16,18H,1,6,13H2/p+1/t16-/m0/s1. The Morgan fingerprint density at radius 2 is 1.83 bits per heavy atom. The molecule has 2 heteroatoms. The van der Waals surface area contributed by atoms with Gasteiger partial charge in [0.15, 0.2) is 0 Å². The number of hydrogen-bond donors (Lipinski definition) is 1. The van der Waals surface area contributed by atoms with E-state index < -0.39 is 0 Å². The number of pyridine rings is 1. The quantitative estimate of drug-likeness (QED) is 0.771. The average Bonchev–Trinajstić information content (AvgIpc) is 2.45. The van der Waals surface area contributed by atoms with Crippen LogP contribution < -0.4 is 5.32 Å². The fourth-order valence-electron chi connectivity index (χ4n) is 2.05. The molecule has 2 nitrogen and oxygen atoms in total. The predicted molar refractivity (Wildman–Crippen MR) is 73.9 cm³/mol. The van der Waals surface area contributed by atoms with Crippen molar-refractivity contribution in [1.29, 1.82) is 0 Å². The molecule has 1 atom stereocenters. The summed E-state index contributed by atoms with van der Waals surface area (Å²) in [5.74, 6) is 0. The van der Waals surface area contributed by atoms with Crippen LogP contribution in [0.4, 0.5) is 0 Å². The van der Waals surface area contributed by atoms with Gasteiger partial charge in [-0.1, -0.05) is 36.4 Å². The highest BCUT2D eigenvalue weighted by Crippen LogP contribution is 2.11. The van der Waals surface area contributed by atoms with E-state index in [9.17, 15) is 0 Å². The summed E-state index contributed by atoms with van der Waals surface area (Å²) in [6.07, 6.45) is 6.65. The van der Waals surface area contributed by atoms with Crippen molar-refractivity contribution >= 4 is 0 Å². The van der Waals surface area contributed by atoms with Gasteiger partial charge in [-0.15, -0.1) is 6.58 Å². The van der Waals surface area contributed by atoms with E-state index in [1.54, 1.807) is 0 Å². The molecule has 2 N–H and O–H groups in total. The third-order valence-corrected chi connectivity index (χ3v) is 3.04. The van der Waals surface area contributed by atoms with E-state index in [0.717, 1.165) is 13.0 Å². The van der Waals surface area contributed by atoms with E-state index in [1.165, 1.54) is 11.1 Å². The number of nitrogens with two attached hydrogens (primary N) is 1. The molecule has 0 radical (unpaired) electrons. The minimum absolute atomic E-state index is 0.422. The van der Waals surface area contributed by atoms with Gasteiger partial charge in [-0.2, -0.15) is 0 Å². The molecule has 1 aromatic heterocycles. The zero-order valence-corrected chi connectivity index (χ0v) is 10.5. The van der Waals surface area contributed by atoms with Gasteiger partial charge in [-0.3, -0.25) is 4.98 Å². The molecule has 2 rings (SSSR count). The van der Waals surface area contributed by atoms with Crippen LogP contribution in [0.3, 0.4) is 0 Å². The molecule has 2 aromatic rings. The van der Waals surface area contributed by atoms with Crippen molar-refractivity contribution in [3.63, 3.8) is 0 Å². The van der Waals surface area contributed by atoms with Gasteiger partial charge in [-0.05, 0) is 12.1 Å². The maximum atomic E-state index is 4.07. The minimum Gasteiger partial charge on any atom is -0.336 e. The van der Waals surface area contributed by atoms with Crippen LogP contribution in [0.1, 0.15) is 23.6 Å². The first kappa shape index (κ1) is 12.5. The largest absolute Gasteiger partial charge is 0.336 e. The van der Waals surface area contributed by atoms with Gasteiger partial charge in [0.05, 0.1) is 0 Å². The lowest BCUT2D eigenvalue weighted by atomic mass is 10.0. The molecule has 0 saturated carbocycles. The Morgan fingerprint density at radius 3 is 2.50 bits per heavy atom. The summed E-state index contributed by atoms with van der Waals surface area (Å²) in [4.78, 5) is 4.07. The van der Waals surface area contributed by atoms with Crippen molar-refractivity contribution in [2.75, 3.05) is 0 Å². The van der Waals surface area contributed by atoms with Crippen molar-refractivity contribution in [1.82, 2.24) is 4.98 Å². The number of quaternary nitrogens is 1. The smallest absolute Gasteiger partial charge is 0.115 e. The maximum Gasteiger partial charge on any atom is 0.115 e. The topological polar surface area (TPSA) is 29.5 Å². The molecular weight excluding hydrogens is 220 g/mol. The summed E-state index contributed by atoms with van der Waals surface area (Å²) in [6.45, 7) is 4.83. The lowest BCUT2D eigenvalue weighted by molar-refractivity contribution is -0.710. The van der Waals surface area contributed by atoms with E-state index in [0.29, 0.717) is 6.04 Å². The Morgan fingerprint density at radius 1 is 1.11 bits per heavy atom. The zero-order chi connectivity index (χ0) is 12.6. The molecule has 92 valence electrons. The van der Waals surface area contributed by atoms with Gasteiger partial charge in [0.25, 0.3) is 0 Å². The normalized spacial score (nSPS) is 12.0. The third kappa shape index (κ3) is 3.54. The zero-order valence-electron chi connectivity index (χ0n) is 10.5. The van der Waals surface area contributed by atoms with Crippen LogP contribution in [-0.4, -0.2) is 4.98 Å². The fraction of sp³-hybridized carbons (Fsp3) is 0.188. The summed E-state index contributed by atoms with van der Waals surface area (Å²) < 4.78 is 0. The molecule has 1 heterocycles. The molecule has 0 bridgehead atoms. The predicted octanol–water partition coefficient (Wildman–Crippen LogP) is 2.46. The van der Waals surface area contributed by atoms with Crippen molar-refractivity contribution in [3.8, 4) is 0 Å². The Bertz CT molecular complexity index is 465. The van der Waals surface area contributed by atoms with E-state index in [4.69, 9.17) is 0 Å². The van der Waals surface area contributed by atoms with Crippen molar-refractivity contribution < 1.29 is 5.32 Å². The van der Waals surface area contributed by atoms with Gasteiger partial charge >= 0.3 is 0 Å². The Labute approximate surface area is 108 Å². The minimum atomic E-state index is 0.422. The van der Waals surface area contributed by atoms with Crippen LogP contribution in [0.25, 0.3) is 0 Å². The van der Waals surface area contributed by atoms with Gasteiger partial charge in [0.2, 0.25) is 0 Å². The van der Waals surface area contributed by atoms with Crippen LogP contribution >= 0.6 is 0 Å². The molecular formula is C16H19N2+. The van der Waals surface area contributed by atoms with Gasteiger partial charge in [-0.25, -0.2) is 0 Å². The molecule has 18 heavy (non-hydrogen) atoms. The number of benzene rings is 1. The molecule has 0 aliphatic carbocycles. The van der Waals surface area contributed by atoms with E-state index in [2.05, 4.69) is 53.3 Å². The molecule has 0 amide bonds. The highest BCUT2D eigenvalue weighted by Gasteiger charge is 2.12. The summed E-state index contributed by atoms with van der Waals surface area (Å²) in [6, 6.07) is 15.1. The Balaban J connectivity index is 2.01. The highest BCUT2D eigenvalue weighted by atomic mass is 14.9. The van der Waals surface area contributed by atoms with Crippen LogP contribution in [0.2, 0.25) is 0 Å². The molecule has 0 aliphatic heterocycles. The first-order valence-electron chi connectivity index (χ1n) is 6.28. The first-order valence-corrected chi connectivity index (χ1v) is 6.28. The first-order chi connectivity index (χ1) is 8.90. The van der Waals surface area contributed by atoms with Crippen LogP contribution in [0.5, 0.6) is 0 Å². The SMILES string of the molecule is C=CC[C@H]([NH2+]Cc1ccccc1)c1ccncc1. The number of aromatic nitrogens is 1. The van der Waals surface area contributed by atoms with E-state index >= 15 is 0 Å². The van der Waals surface area contributed by atoms with Crippen LogP contribution in [-0.2, 0) is 6.54 Å². The number of rotatable bonds is 6. The molecule has 1 aromatic carbocycles. The maximum absolute atomic E-state index is 4.07. The monoisotopic (exact) mass is 239 g/mol.